The molecule has 0 aliphatic carbocycles. The van der Waals surface area contributed by atoms with Crippen LogP contribution in [0.15, 0.2) is 23.2 Å². The van der Waals surface area contributed by atoms with E-state index in [1.54, 1.807) is 17.8 Å². The van der Waals surface area contributed by atoms with E-state index in [0.29, 0.717) is 11.4 Å². The van der Waals surface area contributed by atoms with Crippen molar-refractivity contribution < 1.29 is 9.13 Å². The van der Waals surface area contributed by atoms with Gasteiger partial charge in [0.05, 0.1) is 12.6 Å². The van der Waals surface area contributed by atoms with Gasteiger partial charge in [0, 0.05) is 23.6 Å². The van der Waals surface area contributed by atoms with Crippen molar-refractivity contribution in [3.05, 3.63) is 24.0 Å². The number of nitrogens with one attached hydrogen (secondary N) is 1. The van der Waals surface area contributed by atoms with Gasteiger partial charge >= 0.3 is 0 Å². The summed E-state index contributed by atoms with van der Waals surface area (Å²) in [5.41, 5.74) is 0.607. The zero-order valence-corrected chi connectivity index (χ0v) is 10.9. The number of halogens is 1. The number of thioether (sulfide) groups is 1. The summed E-state index contributed by atoms with van der Waals surface area (Å²) in [7, 11) is 1.52. The van der Waals surface area contributed by atoms with E-state index < -0.39 is 0 Å². The molecule has 0 fully saturated rings. The van der Waals surface area contributed by atoms with Crippen LogP contribution in [0.5, 0.6) is 5.75 Å². The highest BCUT2D eigenvalue weighted by atomic mass is 32.2. The first-order valence-electron chi connectivity index (χ1n) is 5.33. The van der Waals surface area contributed by atoms with Crippen LogP contribution < -0.4 is 10.1 Å². The van der Waals surface area contributed by atoms with Crippen LogP contribution in [0.3, 0.4) is 0 Å². The van der Waals surface area contributed by atoms with Crippen molar-refractivity contribution in [2.45, 2.75) is 19.4 Å². The van der Waals surface area contributed by atoms with Gasteiger partial charge < -0.3 is 10.1 Å². The number of benzene rings is 1. The molecule has 0 atom stereocenters. The van der Waals surface area contributed by atoms with E-state index in [9.17, 15) is 4.39 Å². The highest BCUT2D eigenvalue weighted by molar-refractivity contribution is 8.14. The van der Waals surface area contributed by atoms with Crippen molar-refractivity contribution in [2.24, 2.45) is 4.99 Å². The van der Waals surface area contributed by atoms with Gasteiger partial charge in [-0.3, -0.25) is 4.99 Å². The van der Waals surface area contributed by atoms with Crippen LogP contribution in [0.1, 0.15) is 13.8 Å². The van der Waals surface area contributed by atoms with Crippen LogP contribution in [0, 0.1) is 5.82 Å². The second kappa shape index (κ2) is 4.56. The highest BCUT2D eigenvalue weighted by Crippen LogP contribution is 2.28. The predicted molar refractivity (Wildman–Crippen MR) is 70.5 cm³/mol. The summed E-state index contributed by atoms with van der Waals surface area (Å²) in [6, 6.07) is 4.52. The number of rotatable bonds is 2. The van der Waals surface area contributed by atoms with Crippen LogP contribution in [-0.2, 0) is 0 Å². The number of hydrogen-bond acceptors (Lipinski definition) is 4. The van der Waals surface area contributed by atoms with Gasteiger partial charge in [-0.1, -0.05) is 11.8 Å². The molecule has 1 aliphatic rings. The minimum atomic E-state index is -0.324. The molecular weight excluding hydrogens is 239 g/mol. The number of ether oxygens (including phenoxy) is 1. The Morgan fingerprint density at radius 2 is 2.18 bits per heavy atom. The zero-order chi connectivity index (χ0) is 12.5. The van der Waals surface area contributed by atoms with Crippen molar-refractivity contribution >= 4 is 22.6 Å². The molecular formula is C12H15FN2OS. The number of methoxy groups -OCH3 is 1. The molecule has 0 aromatic heterocycles. The van der Waals surface area contributed by atoms with Gasteiger partial charge in [-0.05, 0) is 19.9 Å². The molecule has 1 aromatic rings. The average molecular weight is 254 g/mol. The van der Waals surface area contributed by atoms with Gasteiger partial charge in [-0.15, -0.1) is 0 Å². The molecule has 1 heterocycles. The number of hydrogen-bond donors (Lipinski definition) is 1. The quantitative estimate of drug-likeness (QED) is 0.880. The van der Waals surface area contributed by atoms with E-state index in [4.69, 9.17) is 4.74 Å². The van der Waals surface area contributed by atoms with Crippen LogP contribution in [-0.4, -0.2) is 23.6 Å². The molecule has 0 amide bonds. The molecule has 1 N–H and O–H groups in total. The molecule has 17 heavy (non-hydrogen) atoms. The molecule has 0 bridgehead atoms. The van der Waals surface area contributed by atoms with E-state index in [1.807, 2.05) is 0 Å². The van der Waals surface area contributed by atoms with Crippen molar-refractivity contribution in [1.29, 1.82) is 0 Å². The van der Waals surface area contributed by atoms with Gasteiger partial charge in [0.2, 0.25) is 0 Å². The fourth-order valence-electron chi connectivity index (χ4n) is 1.52. The van der Waals surface area contributed by atoms with Crippen molar-refractivity contribution in [3.63, 3.8) is 0 Å². The fourth-order valence-corrected chi connectivity index (χ4v) is 2.58. The minimum Gasteiger partial charge on any atom is -0.497 e. The van der Waals surface area contributed by atoms with E-state index in [1.165, 1.54) is 19.2 Å². The molecule has 92 valence electrons. The van der Waals surface area contributed by atoms with Crippen LogP contribution >= 0.6 is 11.8 Å². The third kappa shape index (κ3) is 3.12. The second-order valence-electron chi connectivity index (χ2n) is 4.52. The summed E-state index contributed by atoms with van der Waals surface area (Å²) in [6.45, 7) is 4.14. The summed E-state index contributed by atoms with van der Waals surface area (Å²) >= 11 is 1.64. The van der Waals surface area contributed by atoms with Gasteiger partial charge in [0.15, 0.2) is 5.17 Å². The van der Waals surface area contributed by atoms with Crippen LogP contribution in [0.2, 0.25) is 0 Å². The maximum absolute atomic E-state index is 13.3. The first kappa shape index (κ1) is 12.2. The maximum atomic E-state index is 13.3. The first-order chi connectivity index (χ1) is 7.98. The third-order valence-electron chi connectivity index (χ3n) is 2.32. The summed E-state index contributed by atoms with van der Waals surface area (Å²) in [4.78, 5) is 4.51. The number of anilines is 1. The monoisotopic (exact) mass is 254 g/mol. The topological polar surface area (TPSA) is 33.6 Å². The highest BCUT2D eigenvalue weighted by Gasteiger charge is 2.25. The molecule has 1 aliphatic heterocycles. The van der Waals surface area contributed by atoms with E-state index in [0.717, 1.165) is 10.9 Å². The molecule has 5 heteroatoms. The second-order valence-corrected chi connectivity index (χ2v) is 5.49. The molecule has 3 nitrogen and oxygen atoms in total. The van der Waals surface area contributed by atoms with Crippen LogP contribution in [0.25, 0.3) is 0 Å². The SMILES string of the molecule is COc1cc(F)cc(NC2=NC(C)(C)CS2)c1. The van der Waals surface area contributed by atoms with Gasteiger partial charge in [-0.2, -0.15) is 0 Å². The van der Waals surface area contributed by atoms with Gasteiger partial charge in [-0.25, -0.2) is 4.39 Å². The molecule has 0 unspecified atom stereocenters. The van der Waals surface area contributed by atoms with Crippen molar-refractivity contribution in [2.75, 3.05) is 18.2 Å². The lowest BCUT2D eigenvalue weighted by Gasteiger charge is -2.09. The predicted octanol–water partition coefficient (Wildman–Crippen LogP) is 3.13. The maximum Gasteiger partial charge on any atom is 0.161 e. The Bertz CT molecular complexity index is 460. The molecule has 0 saturated heterocycles. The van der Waals surface area contributed by atoms with Crippen molar-refractivity contribution in [3.8, 4) is 5.75 Å². The Hall–Kier alpha value is -1.23. The average Bonchev–Trinajstić information content (AvgIpc) is 2.57. The molecule has 0 saturated carbocycles. The lowest BCUT2D eigenvalue weighted by atomic mass is 10.1. The Morgan fingerprint density at radius 1 is 1.41 bits per heavy atom. The number of aliphatic imine (C=N–C) groups is 1. The number of amidine groups is 1. The lowest BCUT2D eigenvalue weighted by Crippen LogP contribution is -2.15. The zero-order valence-electron chi connectivity index (χ0n) is 10.1. The summed E-state index contributed by atoms with van der Waals surface area (Å²) < 4.78 is 18.3. The fraction of sp³-hybridized carbons (Fsp3) is 0.417. The summed E-state index contributed by atoms with van der Waals surface area (Å²) in [6.07, 6.45) is 0. The van der Waals surface area contributed by atoms with Gasteiger partial charge in [0.25, 0.3) is 0 Å². The lowest BCUT2D eigenvalue weighted by molar-refractivity contribution is 0.411. The van der Waals surface area contributed by atoms with Crippen molar-refractivity contribution in [1.82, 2.24) is 0 Å². The van der Waals surface area contributed by atoms with Gasteiger partial charge in [0.1, 0.15) is 11.6 Å². The Kier molecular flexibility index (Phi) is 3.28. The number of nitrogens with zero attached hydrogens (tertiary/aromatic N) is 1. The smallest absolute Gasteiger partial charge is 0.161 e. The summed E-state index contributed by atoms with van der Waals surface area (Å²) in [5.74, 6) is 1.10. The molecule has 0 radical (unpaired) electrons. The molecule has 1 aromatic carbocycles. The summed E-state index contributed by atoms with van der Waals surface area (Å²) in [5, 5.41) is 3.93. The van der Waals surface area contributed by atoms with E-state index in [-0.39, 0.29) is 11.4 Å². The normalized spacial score (nSPS) is 17.8. The van der Waals surface area contributed by atoms with Crippen LogP contribution in [0.4, 0.5) is 10.1 Å². The first-order valence-corrected chi connectivity index (χ1v) is 6.31. The standard InChI is InChI=1S/C12H15FN2OS/c1-12(2)7-17-11(15-12)14-9-4-8(13)5-10(6-9)16-3/h4-6H,7H2,1-3H3,(H,14,15). The molecule has 0 spiro atoms. The largest absolute Gasteiger partial charge is 0.497 e. The minimum absolute atomic E-state index is 0.0512. The van der Waals surface area contributed by atoms with E-state index in [2.05, 4.69) is 24.2 Å². The third-order valence-corrected chi connectivity index (χ3v) is 3.64. The Morgan fingerprint density at radius 3 is 2.76 bits per heavy atom. The van der Waals surface area contributed by atoms with E-state index >= 15 is 0 Å². The Labute approximate surface area is 104 Å². The Balaban J connectivity index is 2.17. The molecule has 2 rings (SSSR count).